The molecule has 1 amide bonds. The molecule has 0 spiro atoms. The van der Waals surface area contributed by atoms with Gasteiger partial charge >= 0.3 is 0 Å². The fourth-order valence-corrected chi connectivity index (χ4v) is 3.06. The van der Waals surface area contributed by atoms with Gasteiger partial charge in [0.15, 0.2) is 5.65 Å². The van der Waals surface area contributed by atoms with E-state index in [2.05, 4.69) is 15.4 Å². The molecule has 0 fully saturated rings. The summed E-state index contributed by atoms with van der Waals surface area (Å²) in [5.41, 5.74) is 1.98. The molecule has 0 aliphatic carbocycles. The van der Waals surface area contributed by atoms with E-state index in [1.807, 2.05) is 24.4 Å². The summed E-state index contributed by atoms with van der Waals surface area (Å²) in [6.07, 6.45) is 1.67. The molecule has 0 saturated carbocycles. The number of fused-ring (bicyclic) bond motifs is 1. The highest BCUT2D eigenvalue weighted by Crippen LogP contribution is 2.20. The molecule has 0 aliphatic rings. The van der Waals surface area contributed by atoms with Crippen molar-refractivity contribution >= 4 is 28.3 Å². The maximum Gasteiger partial charge on any atom is 0.252 e. The zero-order valence-corrected chi connectivity index (χ0v) is 13.8. The summed E-state index contributed by atoms with van der Waals surface area (Å²) >= 11 is 1.66. The lowest BCUT2D eigenvalue weighted by atomic mass is 10.1. The Kier molecular flexibility index (Phi) is 4.40. The second-order valence-corrected chi connectivity index (χ2v) is 6.52. The average Bonchev–Trinajstić information content (AvgIpc) is 3.17. The van der Waals surface area contributed by atoms with Gasteiger partial charge in [0, 0.05) is 16.6 Å². The van der Waals surface area contributed by atoms with Crippen molar-refractivity contribution in [2.75, 3.05) is 6.61 Å². The zero-order chi connectivity index (χ0) is 16.4. The van der Waals surface area contributed by atoms with Gasteiger partial charge in [-0.3, -0.25) is 4.79 Å². The molecule has 6 nitrogen and oxygen atoms in total. The summed E-state index contributed by atoms with van der Waals surface area (Å²) in [5.74, 6) is -0.224. The lowest BCUT2D eigenvalue weighted by Crippen LogP contribution is -2.35. The highest BCUT2D eigenvalue weighted by Gasteiger charge is 2.17. The van der Waals surface area contributed by atoms with E-state index in [0.717, 1.165) is 11.1 Å². The number of carbonyl (C=O) groups is 1. The number of nitrogens with one attached hydrogen (secondary N) is 1. The van der Waals surface area contributed by atoms with Crippen molar-refractivity contribution in [1.82, 2.24) is 20.1 Å². The number of nitrogens with zero attached hydrogens (tertiary/aromatic N) is 3. The molecule has 0 saturated heterocycles. The lowest BCUT2D eigenvalue weighted by Gasteiger charge is -2.12. The van der Waals surface area contributed by atoms with Crippen LogP contribution < -0.4 is 5.32 Å². The topological polar surface area (TPSA) is 80.0 Å². The second-order valence-electron chi connectivity index (χ2n) is 5.49. The third-order valence-electron chi connectivity index (χ3n) is 3.52. The van der Waals surface area contributed by atoms with E-state index in [1.54, 1.807) is 35.2 Å². The Labute approximate surface area is 137 Å². The van der Waals surface area contributed by atoms with E-state index in [1.165, 1.54) is 4.88 Å². The van der Waals surface area contributed by atoms with Gasteiger partial charge in [0.1, 0.15) is 0 Å². The molecule has 0 aromatic carbocycles. The molecule has 1 unspecified atom stereocenters. The van der Waals surface area contributed by atoms with Gasteiger partial charge in [-0.1, -0.05) is 6.07 Å². The lowest BCUT2D eigenvalue weighted by molar-refractivity contribution is 0.0924. The first-order valence-corrected chi connectivity index (χ1v) is 8.23. The number of rotatable bonds is 5. The number of hydrogen-bond acceptors (Lipinski definition) is 5. The van der Waals surface area contributed by atoms with Gasteiger partial charge in [-0.2, -0.15) is 5.10 Å². The Hall–Kier alpha value is -2.25. The number of aromatic nitrogens is 3. The van der Waals surface area contributed by atoms with Crippen molar-refractivity contribution < 1.29 is 9.90 Å². The number of pyridine rings is 1. The van der Waals surface area contributed by atoms with Crippen LogP contribution in [0.5, 0.6) is 0 Å². The summed E-state index contributed by atoms with van der Waals surface area (Å²) in [5, 5.41) is 19.0. The zero-order valence-electron chi connectivity index (χ0n) is 13.0. The van der Waals surface area contributed by atoms with Crippen molar-refractivity contribution in [3.05, 3.63) is 45.9 Å². The minimum atomic E-state index is -0.299. The molecular weight excluding hydrogens is 312 g/mol. The standard InChI is InChI=1S/C16H18N4O2S/c1-10-6-13(16(22)19-11(2)9-21)14-7-17-20(15(14)18-10)8-12-4-3-5-23-12/h3-7,11,21H,8-9H2,1-2H3,(H,19,22). The normalized spacial score (nSPS) is 12.5. The first kappa shape index (κ1) is 15.6. The van der Waals surface area contributed by atoms with E-state index < -0.39 is 0 Å². The monoisotopic (exact) mass is 330 g/mol. The van der Waals surface area contributed by atoms with Crippen molar-refractivity contribution in [1.29, 1.82) is 0 Å². The van der Waals surface area contributed by atoms with Crippen LogP contribution in [0.2, 0.25) is 0 Å². The van der Waals surface area contributed by atoms with Crippen molar-refractivity contribution in [3.8, 4) is 0 Å². The fraction of sp³-hybridized carbons (Fsp3) is 0.312. The summed E-state index contributed by atoms with van der Waals surface area (Å²) in [6, 6.07) is 5.50. The van der Waals surface area contributed by atoms with Gasteiger partial charge in [-0.25, -0.2) is 9.67 Å². The largest absolute Gasteiger partial charge is 0.394 e. The summed E-state index contributed by atoms with van der Waals surface area (Å²) < 4.78 is 1.81. The number of hydrogen-bond donors (Lipinski definition) is 2. The minimum absolute atomic E-state index is 0.101. The highest BCUT2D eigenvalue weighted by molar-refractivity contribution is 7.09. The molecule has 120 valence electrons. The molecule has 2 N–H and O–H groups in total. The van der Waals surface area contributed by atoms with Crippen LogP contribution in [0.3, 0.4) is 0 Å². The number of aliphatic hydroxyl groups is 1. The minimum Gasteiger partial charge on any atom is -0.394 e. The summed E-state index contributed by atoms with van der Waals surface area (Å²) in [7, 11) is 0. The Bertz CT molecular complexity index is 826. The highest BCUT2D eigenvalue weighted by atomic mass is 32.1. The first-order chi connectivity index (χ1) is 11.1. The van der Waals surface area contributed by atoms with Crippen LogP contribution in [0.1, 0.15) is 27.9 Å². The number of aryl methyl sites for hydroxylation is 1. The van der Waals surface area contributed by atoms with E-state index in [4.69, 9.17) is 5.11 Å². The van der Waals surface area contributed by atoms with Gasteiger partial charge in [0.05, 0.1) is 30.3 Å². The van der Waals surface area contributed by atoms with Crippen molar-refractivity contribution in [2.45, 2.75) is 26.4 Å². The molecule has 3 aromatic heterocycles. The van der Waals surface area contributed by atoms with Crippen LogP contribution in [0, 0.1) is 6.92 Å². The summed E-state index contributed by atoms with van der Waals surface area (Å²) in [4.78, 5) is 18.1. The van der Waals surface area contributed by atoms with Gasteiger partial charge < -0.3 is 10.4 Å². The predicted molar refractivity (Wildman–Crippen MR) is 89.7 cm³/mol. The van der Waals surface area contributed by atoms with Crippen molar-refractivity contribution in [3.63, 3.8) is 0 Å². The predicted octanol–water partition coefficient (Wildman–Crippen LogP) is 1.96. The molecule has 3 heterocycles. The smallest absolute Gasteiger partial charge is 0.252 e. The van der Waals surface area contributed by atoms with Gasteiger partial charge in [-0.15, -0.1) is 11.3 Å². The van der Waals surface area contributed by atoms with Crippen LogP contribution in [-0.2, 0) is 6.54 Å². The van der Waals surface area contributed by atoms with E-state index in [-0.39, 0.29) is 18.6 Å². The Morgan fingerprint density at radius 2 is 2.35 bits per heavy atom. The molecule has 0 radical (unpaired) electrons. The second kappa shape index (κ2) is 6.47. The Balaban J connectivity index is 2.00. The van der Waals surface area contributed by atoms with Crippen molar-refractivity contribution in [2.24, 2.45) is 0 Å². The van der Waals surface area contributed by atoms with Crippen LogP contribution in [0.25, 0.3) is 11.0 Å². The van der Waals surface area contributed by atoms with E-state index >= 15 is 0 Å². The number of carbonyl (C=O) groups excluding carboxylic acids is 1. The molecule has 3 rings (SSSR count). The molecule has 1 atom stereocenters. The molecular formula is C16H18N4O2S. The third kappa shape index (κ3) is 3.25. The number of thiophene rings is 1. The Morgan fingerprint density at radius 3 is 3.04 bits per heavy atom. The van der Waals surface area contributed by atoms with E-state index in [9.17, 15) is 4.79 Å². The van der Waals surface area contributed by atoms with Gasteiger partial charge in [0.25, 0.3) is 5.91 Å². The maximum atomic E-state index is 12.4. The Morgan fingerprint density at radius 1 is 1.52 bits per heavy atom. The molecule has 23 heavy (non-hydrogen) atoms. The maximum absolute atomic E-state index is 12.4. The first-order valence-electron chi connectivity index (χ1n) is 7.35. The van der Waals surface area contributed by atoms with Crippen LogP contribution in [0.15, 0.2) is 29.8 Å². The van der Waals surface area contributed by atoms with Gasteiger partial charge in [-0.05, 0) is 31.4 Å². The molecule has 0 aliphatic heterocycles. The van der Waals surface area contributed by atoms with Gasteiger partial charge in [0.2, 0.25) is 0 Å². The number of amides is 1. The van der Waals surface area contributed by atoms with Crippen LogP contribution >= 0.6 is 11.3 Å². The number of aliphatic hydroxyl groups excluding tert-OH is 1. The van der Waals surface area contributed by atoms with E-state index in [0.29, 0.717) is 17.8 Å². The fourth-order valence-electron chi connectivity index (χ4n) is 2.37. The molecule has 3 aromatic rings. The molecule has 7 heteroatoms. The average molecular weight is 330 g/mol. The quantitative estimate of drug-likeness (QED) is 0.749. The third-order valence-corrected chi connectivity index (χ3v) is 4.38. The van der Waals surface area contributed by atoms with Crippen LogP contribution in [-0.4, -0.2) is 38.4 Å². The summed E-state index contributed by atoms with van der Waals surface area (Å²) in [6.45, 7) is 4.14. The van der Waals surface area contributed by atoms with Crippen LogP contribution in [0.4, 0.5) is 0 Å². The SMILES string of the molecule is Cc1cc(C(=O)NC(C)CO)c2cnn(Cc3cccs3)c2n1. The molecule has 0 bridgehead atoms.